The Morgan fingerprint density at radius 1 is 0.648 bits per heavy atom. The van der Waals surface area contributed by atoms with Crippen LogP contribution in [0.1, 0.15) is 23.6 Å². The summed E-state index contributed by atoms with van der Waals surface area (Å²) in [5, 5.41) is 8.18. The number of nitrogens with zero attached hydrogens (tertiary/aromatic N) is 1. The van der Waals surface area contributed by atoms with Crippen molar-refractivity contribution in [1.29, 1.82) is 0 Å². The zero-order valence-electron chi connectivity index (χ0n) is 29.7. The van der Waals surface area contributed by atoms with Crippen LogP contribution < -0.4 is 26.5 Å². The molecular weight excluding hydrogens is 678 g/mol. The van der Waals surface area contributed by atoms with Gasteiger partial charge in [0.2, 0.25) is 0 Å². The first kappa shape index (κ1) is 31.1. The zero-order chi connectivity index (χ0) is 36.2. The molecule has 11 rings (SSSR count). The SMILES string of the molecule is C=C/C=c1\c2n(c3ccccc13)-c1ccccc1C1(C=2C)c2ccccc2P(=O)(c2ccccc2)c2ccc(-c3cccc4c3oc3ccccc34)cc21. The molecule has 2 atom stereocenters. The van der Waals surface area contributed by atoms with Crippen LogP contribution in [0.2, 0.25) is 0 Å². The highest BCUT2D eigenvalue weighted by atomic mass is 31.2. The maximum Gasteiger partial charge on any atom is 0.171 e. The van der Waals surface area contributed by atoms with Crippen LogP contribution in [-0.4, -0.2) is 4.57 Å². The third kappa shape index (κ3) is 3.84. The standard InChI is InChI=1S/C50H34NO2P/c1-3-16-38-36-19-7-11-25-43(36)51-44-26-12-9-23-40(44)50(32(2)48(38)51)41-24-10-14-28-46(41)54(52,34-17-5-4-6-18-34)47-30-29-33(31-42(47)50)35-21-15-22-39-37-20-8-13-27-45(37)53-49(35)39/h3-31H,1H2,2H3/b38-16-. The average molecular weight is 712 g/mol. The lowest BCUT2D eigenvalue weighted by molar-refractivity contribution is 0.590. The molecule has 54 heavy (non-hydrogen) atoms. The third-order valence-electron chi connectivity index (χ3n) is 11.9. The molecule has 9 aromatic rings. The van der Waals surface area contributed by atoms with Gasteiger partial charge in [-0.15, -0.1) is 0 Å². The lowest BCUT2D eigenvalue weighted by Crippen LogP contribution is -2.52. The van der Waals surface area contributed by atoms with Gasteiger partial charge in [0.25, 0.3) is 0 Å². The average Bonchev–Trinajstić information content (AvgIpc) is 3.77. The Bertz CT molecular complexity index is 3240. The molecule has 0 radical (unpaired) electrons. The number of para-hydroxylation sites is 4. The van der Waals surface area contributed by atoms with Crippen LogP contribution in [-0.2, 0) is 9.98 Å². The Kier molecular flexibility index (Phi) is 6.52. The van der Waals surface area contributed by atoms with Gasteiger partial charge >= 0.3 is 0 Å². The highest BCUT2D eigenvalue weighted by molar-refractivity contribution is 7.85. The van der Waals surface area contributed by atoms with Gasteiger partial charge in [0, 0.05) is 42.9 Å². The molecule has 0 saturated carbocycles. The highest BCUT2D eigenvalue weighted by Gasteiger charge is 2.53. The van der Waals surface area contributed by atoms with Crippen LogP contribution in [0.15, 0.2) is 181 Å². The Morgan fingerprint density at radius 3 is 2.19 bits per heavy atom. The third-order valence-corrected chi connectivity index (χ3v) is 15.0. The van der Waals surface area contributed by atoms with Gasteiger partial charge < -0.3 is 13.5 Å². The van der Waals surface area contributed by atoms with E-state index in [1.165, 1.54) is 11.0 Å². The van der Waals surface area contributed by atoms with Crippen LogP contribution >= 0.6 is 7.14 Å². The summed E-state index contributed by atoms with van der Waals surface area (Å²) in [6.45, 7) is 6.44. The van der Waals surface area contributed by atoms with Crippen molar-refractivity contribution in [2.45, 2.75) is 12.3 Å². The predicted molar refractivity (Wildman–Crippen MR) is 225 cm³/mol. The van der Waals surface area contributed by atoms with Gasteiger partial charge in [0.15, 0.2) is 7.14 Å². The number of furan rings is 1. The minimum absolute atomic E-state index is 0.781. The van der Waals surface area contributed by atoms with Crippen molar-refractivity contribution in [3.63, 3.8) is 0 Å². The van der Waals surface area contributed by atoms with Crippen molar-refractivity contribution in [3.05, 3.63) is 204 Å². The first-order valence-corrected chi connectivity index (χ1v) is 20.1. The summed E-state index contributed by atoms with van der Waals surface area (Å²) in [5.74, 6) is 0. The zero-order valence-corrected chi connectivity index (χ0v) is 30.6. The Labute approximate surface area is 312 Å². The molecule has 0 bridgehead atoms. The van der Waals surface area contributed by atoms with E-state index in [0.29, 0.717) is 0 Å². The van der Waals surface area contributed by atoms with Crippen molar-refractivity contribution >= 4 is 67.5 Å². The molecule has 2 unspecified atom stereocenters. The maximum atomic E-state index is 16.4. The lowest BCUT2D eigenvalue weighted by Gasteiger charge is -2.47. The second-order valence-electron chi connectivity index (χ2n) is 14.4. The smallest absolute Gasteiger partial charge is 0.171 e. The molecular formula is C50H34NO2P. The Balaban J connectivity index is 1.36. The van der Waals surface area contributed by atoms with Gasteiger partial charge in [0.1, 0.15) is 11.2 Å². The predicted octanol–water partition coefficient (Wildman–Crippen LogP) is 9.63. The molecule has 0 amide bonds. The van der Waals surface area contributed by atoms with E-state index in [-0.39, 0.29) is 0 Å². The molecule has 256 valence electrons. The number of hydrogen-bond donors (Lipinski definition) is 0. The monoisotopic (exact) mass is 711 g/mol. The second-order valence-corrected chi connectivity index (χ2v) is 17.1. The number of rotatable bonds is 3. The summed E-state index contributed by atoms with van der Waals surface area (Å²) in [7, 11) is -3.36. The molecule has 4 heterocycles. The molecule has 2 aromatic heterocycles. The molecule has 3 nitrogen and oxygen atoms in total. The van der Waals surface area contributed by atoms with Crippen molar-refractivity contribution in [2.75, 3.05) is 0 Å². The van der Waals surface area contributed by atoms with Crippen molar-refractivity contribution < 1.29 is 8.98 Å². The van der Waals surface area contributed by atoms with E-state index < -0.39 is 12.6 Å². The van der Waals surface area contributed by atoms with Gasteiger partial charge in [0.05, 0.1) is 22.0 Å². The van der Waals surface area contributed by atoms with E-state index in [9.17, 15) is 0 Å². The van der Waals surface area contributed by atoms with Crippen LogP contribution in [0.5, 0.6) is 0 Å². The minimum Gasteiger partial charge on any atom is -0.455 e. The molecule has 0 N–H and O–H groups in total. The van der Waals surface area contributed by atoms with Crippen molar-refractivity contribution in [1.82, 2.24) is 4.57 Å². The fraction of sp³-hybridized carbons (Fsp3) is 0.0400. The first-order chi connectivity index (χ1) is 26.6. The van der Waals surface area contributed by atoms with Crippen LogP contribution in [0, 0.1) is 0 Å². The van der Waals surface area contributed by atoms with E-state index in [1.807, 2.05) is 54.6 Å². The number of allylic oxidation sites excluding steroid dienone is 1. The van der Waals surface area contributed by atoms with E-state index in [4.69, 9.17) is 4.42 Å². The minimum atomic E-state index is -3.36. The summed E-state index contributed by atoms with van der Waals surface area (Å²) in [6, 6.07) is 57.2. The van der Waals surface area contributed by atoms with E-state index >= 15 is 4.57 Å². The van der Waals surface area contributed by atoms with Crippen LogP contribution in [0.25, 0.3) is 61.3 Å². The quantitative estimate of drug-likeness (QED) is 0.171. The number of fused-ring (bicyclic) bond motifs is 13. The van der Waals surface area contributed by atoms with E-state index in [2.05, 4.69) is 139 Å². The largest absolute Gasteiger partial charge is 0.455 e. The van der Waals surface area contributed by atoms with Gasteiger partial charge in [-0.2, -0.15) is 0 Å². The Morgan fingerprint density at radius 2 is 1.33 bits per heavy atom. The van der Waals surface area contributed by atoms with Gasteiger partial charge in [-0.05, 0) is 65.1 Å². The van der Waals surface area contributed by atoms with E-state index in [1.54, 1.807) is 0 Å². The normalized spacial score (nSPS) is 18.8. The topological polar surface area (TPSA) is 35.1 Å². The second kappa shape index (κ2) is 11.3. The molecule has 0 saturated heterocycles. The fourth-order valence-electron chi connectivity index (χ4n) is 9.74. The summed E-state index contributed by atoms with van der Waals surface area (Å²) in [6.07, 6.45) is 4.03. The molecule has 0 fully saturated rings. The lowest BCUT2D eigenvalue weighted by atomic mass is 9.63. The molecule has 2 aliphatic heterocycles. The number of benzene rings is 7. The molecule has 7 aromatic carbocycles. The maximum absolute atomic E-state index is 16.4. The molecule has 1 spiro atoms. The van der Waals surface area contributed by atoms with Gasteiger partial charge in [-0.25, -0.2) is 0 Å². The van der Waals surface area contributed by atoms with Crippen molar-refractivity contribution in [2.24, 2.45) is 0 Å². The highest BCUT2D eigenvalue weighted by Crippen LogP contribution is 2.59. The van der Waals surface area contributed by atoms with Gasteiger partial charge in [-0.3, -0.25) is 0 Å². The molecule has 4 heteroatoms. The summed E-state index contributed by atoms with van der Waals surface area (Å²) in [4.78, 5) is 0. The summed E-state index contributed by atoms with van der Waals surface area (Å²) in [5.41, 5.74) is 9.64. The fourth-order valence-corrected chi connectivity index (χ4v) is 12.9. The summed E-state index contributed by atoms with van der Waals surface area (Å²) < 4.78 is 25.4. The van der Waals surface area contributed by atoms with Crippen LogP contribution in [0.4, 0.5) is 0 Å². The summed E-state index contributed by atoms with van der Waals surface area (Å²) >= 11 is 0. The van der Waals surface area contributed by atoms with Crippen LogP contribution in [0.3, 0.4) is 0 Å². The number of aromatic nitrogens is 1. The first-order valence-electron chi connectivity index (χ1n) is 18.4. The molecule has 0 aliphatic carbocycles. The molecule has 2 aliphatic rings. The van der Waals surface area contributed by atoms with E-state index in [0.717, 1.165) is 87.4 Å². The van der Waals surface area contributed by atoms with Gasteiger partial charge in [-0.1, -0.05) is 152 Å². The van der Waals surface area contributed by atoms with Crippen molar-refractivity contribution in [3.8, 4) is 16.8 Å². The number of hydrogen-bond acceptors (Lipinski definition) is 2. The Hall–Kier alpha value is -6.41.